The molecule has 0 bridgehead atoms. The summed E-state index contributed by atoms with van der Waals surface area (Å²) in [6.45, 7) is 0.175. The zero-order chi connectivity index (χ0) is 24.2. The van der Waals surface area contributed by atoms with E-state index in [1.54, 1.807) is 18.2 Å². The lowest BCUT2D eigenvalue weighted by Crippen LogP contribution is -2.27. The van der Waals surface area contributed by atoms with Gasteiger partial charge in [-0.15, -0.1) is 0 Å². The van der Waals surface area contributed by atoms with Gasteiger partial charge in [0.1, 0.15) is 11.6 Å². The fraction of sp³-hybridized carbons (Fsp3) is 0.192. The van der Waals surface area contributed by atoms with Crippen LogP contribution in [-0.4, -0.2) is 38.4 Å². The first kappa shape index (κ1) is 23.0. The Kier molecular flexibility index (Phi) is 6.58. The van der Waals surface area contributed by atoms with Crippen molar-refractivity contribution in [2.75, 3.05) is 25.7 Å². The second-order valence-corrected chi connectivity index (χ2v) is 7.73. The summed E-state index contributed by atoms with van der Waals surface area (Å²) >= 11 is 0. The van der Waals surface area contributed by atoms with E-state index in [1.165, 1.54) is 67.7 Å². The summed E-state index contributed by atoms with van der Waals surface area (Å²) in [6.07, 6.45) is 0.0221. The van der Waals surface area contributed by atoms with Gasteiger partial charge < -0.3 is 19.1 Å². The zero-order valence-corrected chi connectivity index (χ0v) is 18.6. The van der Waals surface area contributed by atoms with Gasteiger partial charge >= 0.3 is 5.97 Å². The van der Waals surface area contributed by atoms with E-state index >= 15 is 0 Å². The Morgan fingerprint density at radius 1 is 0.882 bits per heavy atom. The molecule has 4 rings (SSSR count). The molecular weight excluding hydrogens is 441 g/mol. The van der Waals surface area contributed by atoms with Crippen molar-refractivity contribution >= 4 is 23.3 Å². The number of hydrogen-bond donors (Lipinski definition) is 0. The quantitative estimate of drug-likeness (QED) is 0.299. The highest BCUT2D eigenvalue weighted by Gasteiger charge is 2.36. The lowest BCUT2D eigenvalue weighted by atomic mass is 10.0. The lowest BCUT2D eigenvalue weighted by Gasteiger charge is -2.18. The number of benzene rings is 3. The number of nitrogens with zero attached hydrogens (tertiary/aromatic N) is 1. The van der Waals surface area contributed by atoms with Crippen molar-refractivity contribution in [2.24, 2.45) is 5.92 Å². The van der Waals surface area contributed by atoms with Gasteiger partial charge in [-0.05, 0) is 60.7 Å². The number of methoxy groups -OCH3 is 2. The second kappa shape index (κ2) is 9.74. The first-order chi connectivity index (χ1) is 16.4. The molecule has 0 aromatic heterocycles. The molecule has 1 heterocycles. The SMILES string of the molecule is COc1ccc(N2C[C@@H](C(=O)Oc3ccc(C(=O)c4ccc(F)cc4)cc3)CC2=O)cc1OC. The monoisotopic (exact) mass is 463 g/mol. The van der Waals surface area contributed by atoms with Gasteiger partial charge in [0.15, 0.2) is 17.3 Å². The minimum atomic E-state index is -0.638. The van der Waals surface area contributed by atoms with Crippen LogP contribution in [0.3, 0.4) is 0 Å². The molecule has 34 heavy (non-hydrogen) atoms. The third-order valence-electron chi connectivity index (χ3n) is 5.58. The maximum absolute atomic E-state index is 13.1. The Bertz CT molecular complexity index is 1220. The van der Waals surface area contributed by atoms with Crippen LogP contribution in [0.25, 0.3) is 0 Å². The number of amides is 1. The Labute approximate surface area is 195 Å². The predicted molar refractivity (Wildman–Crippen MR) is 122 cm³/mol. The number of ketones is 1. The summed E-state index contributed by atoms with van der Waals surface area (Å²) in [7, 11) is 3.03. The van der Waals surface area contributed by atoms with Crippen molar-refractivity contribution in [3.63, 3.8) is 0 Å². The molecule has 1 atom stereocenters. The fourth-order valence-electron chi connectivity index (χ4n) is 3.75. The fourth-order valence-corrected chi connectivity index (χ4v) is 3.75. The summed E-state index contributed by atoms with van der Waals surface area (Å²) < 4.78 is 29.0. The molecule has 0 radical (unpaired) electrons. The van der Waals surface area contributed by atoms with E-state index in [2.05, 4.69) is 0 Å². The van der Waals surface area contributed by atoms with Crippen LogP contribution in [0.4, 0.5) is 10.1 Å². The number of ether oxygens (including phenoxy) is 3. The van der Waals surface area contributed by atoms with Crippen LogP contribution in [0.15, 0.2) is 66.7 Å². The van der Waals surface area contributed by atoms with Crippen LogP contribution in [0.1, 0.15) is 22.3 Å². The third-order valence-corrected chi connectivity index (χ3v) is 5.58. The number of carbonyl (C=O) groups excluding carboxylic acids is 3. The van der Waals surface area contributed by atoms with Crippen LogP contribution < -0.4 is 19.1 Å². The predicted octanol–water partition coefficient (Wildman–Crippen LogP) is 4.03. The average molecular weight is 463 g/mol. The van der Waals surface area contributed by atoms with Crippen molar-refractivity contribution < 1.29 is 33.0 Å². The largest absolute Gasteiger partial charge is 0.493 e. The van der Waals surface area contributed by atoms with Crippen LogP contribution in [-0.2, 0) is 9.59 Å². The van der Waals surface area contributed by atoms with Crippen LogP contribution in [0.5, 0.6) is 17.2 Å². The topological polar surface area (TPSA) is 82.1 Å². The molecule has 3 aromatic rings. The van der Waals surface area contributed by atoms with E-state index in [4.69, 9.17) is 14.2 Å². The summed E-state index contributed by atoms with van der Waals surface area (Å²) in [5, 5.41) is 0. The van der Waals surface area contributed by atoms with Crippen molar-refractivity contribution in [1.82, 2.24) is 0 Å². The Hall–Kier alpha value is -4.20. The van der Waals surface area contributed by atoms with Crippen LogP contribution >= 0.6 is 0 Å². The normalized spacial score (nSPS) is 15.2. The van der Waals surface area contributed by atoms with Gasteiger partial charge in [0.05, 0.1) is 20.1 Å². The zero-order valence-electron chi connectivity index (χ0n) is 18.6. The van der Waals surface area contributed by atoms with Crippen LogP contribution in [0, 0.1) is 11.7 Å². The number of esters is 1. The number of halogens is 1. The van der Waals surface area contributed by atoms with E-state index in [-0.39, 0.29) is 30.4 Å². The number of hydrogen-bond acceptors (Lipinski definition) is 6. The van der Waals surface area contributed by atoms with Gasteiger partial charge in [-0.2, -0.15) is 0 Å². The van der Waals surface area contributed by atoms with E-state index in [9.17, 15) is 18.8 Å². The molecule has 1 fully saturated rings. The average Bonchev–Trinajstić information content (AvgIpc) is 3.25. The molecule has 8 heteroatoms. The highest BCUT2D eigenvalue weighted by atomic mass is 19.1. The van der Waals surface area contributed by atoms with E-state index in [0.717, 1.165) is 0 Å². The third kappa shape index (κ3) is 4.76. The molecule has 1 aliphatic rings. The van der Waals surface area contributed by atoms with Crippen molar-refractivity contribution in [1.29, 1.82) is 0 Å². The molecule has 0 spiro atoms. The molecule has 3 aromatic carbocycles. The first-order valence-corrected chi connectivity index (χ1v) is 10.5. The van der Waals surface area contributed by atoms with Gasteiger partial charge in [-0.25, -0.2) is 4.39 Å². The van der Waals surface area contributed by atoms with Crippen LogP contribution in [0.2, 0.25) is 0 Å². The van der Waals surface area contributed by atoms with Crippen molar-refractivity contribution in [3.05, 3.63) is 83.7 Å². The summed E-state index contributed by atoms with van der Waals surface area (Å²) in [5.74, 6) is -0.787. The Balaban J connectivity index is 1.41. The highest BCUT2D eigenvalue weighted by molar-refractivity contribution is 6.09. The number of anilines is 1. The molecule has 1 amide bonds. The van der Waals surface area contributed by atoms with E-state index < -0.39 is 17.7 Å². The smallest absolute Gasteiger partial charge is 0.316 e. The molecule has 1 saturated heterocycles. The molecule has 0 N–H and O–H groups in total. The van der Waals surface area contributed by atoms with Gasteiger partial charge in [0.25, 0.3) is 0 Å². The maximum atomic E-state index is 13.1. The molecule has 174 valence electrons. The molecule has 0 aliphatic carbocycles. The molecule has 7 nitrogen and oxygen atoms in total. The molecule has 0 saturated carbocycles. The summed E-state index contributed by atoms with van der Waals surface area (Å²) in [4.78, 5) is 39.3. The highest BCUT2D eigenvalue weighted by Crippen LogP contribution is 2.34. The first-order valence-electron chi connectivity index (χ1n) is 10.5. The standard InChI is InChI=1S/C26H22FNO6/c1-32-22-12-9-20(14-23(22)33-2)28-15-18(13-24(28)29)26(31)34-21-10-5-17(6-11-21)25(30)16-3-7-19(27)8-4-16/h3-12,14,18H,13,15H2,1-2H3/t18-/m0/s1. The lowest BCUT2D eigenvalue weighted by molar-refractivity contribution is -0.139. The molecule has 0 unspecified atom stereocenters. The van der Waals surface area contributed by atoms with Gasteiger partial charge in [-0.1, -0.05) is 0 Å². The van der Waals surface area contributed by atoms with E-state index in [1.807, 2.05) is 0 Å². The Morgan fingerprint density at radius 3 is 2.12 bits per heavy atom. The van der Waals surface area contributed by atoms with Crippen molar-refractivity contribution in [2.45, 2.75) is 6.42 Å². The Morgan fingerprint density at radius 2 is 1.50 bits per heavy atom. The van der Waals surface area contributed by atoms with Gasteiger partial charge in [-0.3, -0.25) is 14.4 Å². The maximum Gasteiger partial charge on any atom is 0.316 e. The summed E-state index contributed by atoms with van der Waals surface area (Å²) in [6, 6.07) is 16.4. The van der Waals surface area contributed by atoms with Gasteiger partial charge in [0.2, 0.25) is 5.91 Å². The minimum absolute atomic E-state index is 0.0221. The number of carbonyl (C=O) groups is 3. The van der Waals surface area contributed by atoms with Gasteiger partial charge in [0, 0.05) is 35.8 Å². The van der Waals surface area contributed by atoms with E-state index in [0.29, 0.717) is 28.3 Å². The second-order valence-electron chi connectivity index (χ2n) is 7.73. The van der Waals surface area contributed by atoms with Crippen molar-refractivity contribution in [3.8, 4) is 17.2 Å². The minimum Gasteiger partial charge on any atom is -0.493 e. The molecule has 1 aliphatic heterocycles. The number of rotatable bonds is 7. The summed E-state index contributed by atoms with van der Waals surface area (Å²) in [5.41, 5.74) is 1.33. The molecular formula is C26H22FNO6.